The maximum absolute atomic E-state index is 2.52. The van der Waals surface area contributed by atoms with Gasteiger partial charge in [-0.15, -0.1) is 0 Å². The highest BCUT2D eigenvalue weighted by Gasteiger charge is 2.30. The fourth-order valence-corrected chi connectivity index (χ4v) is 3.24. The summed E-state index contributed by atoms with van der Waals surface area (Å²) in [6.07, 6.45) is 10.3. The van der Waals surface area contributed by atoms with Crippen LogP contribution in [0.25, 0.3) is 0 Å². The molecule has 0 spiro atoms. The molecule has 1 aliphatic carbocycles. The van der Waals surface area contributed by atoms with Gasteiger partial charge in [0.25, 0.3) is 0 Å². The van der Waals surface area contributed by atoms with Gasteiger partial charge in [-0.25, -0.2) is 0 Å². The van der Waals surface area contributed by atoms with Crippen LogP contribution >= 0.6 is 0 Å². The Balaban J connectivity index is 2.52. The van der Waals surface area contributed by atoms with E-state index in [0.29, 0.717) is 5.31 Å². The van der Waals surface area contributed by atoms with Crippen LogP contribution in [-0.4, -0.2) is 7.85 Å². The van der Waals surface area contributed by atoms with E-state index in [4.69, 9.17) is 0 Å². The molecule has 0 heterocycles. The quantitative estimate of drug-likeness (QED) is 0.619. The first kappa shape index (κ1) is 14.1. The molecule has 1 saturated carbocycles. The normalized spacial score (nSPS) is 32.8. The first-order chi connectivity index (χ1) is 7.44. The van der Waals surface area contributed by atoms with Gasteiger partial charge in [0.1, 0.15) is 7.85 Å². The smallest absolute Gasteiger partial charge is 0.0629 e. The van der Waals surface area contributed by atoms with Gasteiger partial charge in [-0.2, -0.15) is 0 Å². The van der Waals surface area contributed by atoms with Crippen LogP contribution in [0, 0.1) is 17.8 Å². The lowest BCUT2D eigenvalue weighted by atomic mass is 9.55. The topological polar surface area (TPSA) is 0 Å². The lowest BCUT2D eigenvalue weighted by Gasteiger charge is -2.38. The van der Waals surface area contributed by atoms with Gasteiger partial charge in [-0.05, 0) is 24.2 Å². The van der Waals surface area contributed by atoms with E-state index in [1.165, 1.54) is 44.9 Å². The van der Waals surface area contributed by atoms with Crippen molar-refractivity contribution in [2.45, 2.75) is 78.0 Å². The summed E-state index contributed by atoms with van der Waals surface area (Å²) >= 11 is 0. The minimum atomic E-state index is 0.621. The van der Waals surface area contributed by atoms with E-state index in [9.17, 15) is 0 Å². The molecule has 0 N–H and O–H groups in total. The SMILES string of the molecule is BC1(C(C)C)CCCCC(CC(C)C)CC1. The second kappa shape index (κ2) is 6.12. The lowest BCUT2D eigenvalue weighted by Crippen LogP contribution is -2.23. The fraction of sp³-hybridized carbons (Fsp3) is 1.00. The highest BCUT2D eigenvalue weighted by Crippen LogP contribution is 2.45. The van der Waals surface area contributed by atoms with Gasteiger partial charge in [0, 0.05) is 0 Å². The van der Waals surface area contributed by atoms with E-state index in [0.717, 1.165) is 17.8 Å². The molecule has 0 aromatic carbocycles. The Bertz CT molecular complexity index is 198. The molecule has 0 aliphatic heterocycles. The lowest BCUT2D eigenvalue weighted by molar-refractivity contribution is 0.255. The van der Waals surface area contributed by atoms with E-state index < -0.39 is 0 Å². The maximum Gasteiger partial charge on any atom is 0.109 e. The van der Waals surface area contributed by atoms with Gasteiger partial charge in [-0.1, -0.05) is 71.5 Å². The second-order valence-electron chi connectivity index (χ2n) is 7.09. The van der Waals surface area contributed by atoms with Gasteiger partial charge in [-0.3, -0.25) is 0 Å². The standard InChI is InChI=1S/C15H31B/c1-12(2)11-14-7-5-6-9-15(16,10-8-14)13(3)4/h12-14H,5-11,16H2,1-4H3. The predicted molar refractivity (Wildman–Crippen MR) is 76.7 cm³/mol. The molecule has 0 amide bonds. The zero-order valence-electron chi connectivity index (χ0n) is 12.2. The van der Waals surface area contributed by atoms with Gasteiger partial charge < -0.3 is 0 Å². The third kappa shape index (κ3) is 4.15. The fourth-order valence-electron chi connectivity index (χ4n) is 3.24. The molecule has 1 fully saturated rings. The van der Waals surface area contributed by atoms with Crippen LogP contribution in [0.5, 0.6) is 0 Å². The molecule has 1 aliphatic rings. The van der Waals surface area contributed by atoms with Crippen LogP contribution < -0.4 is 0 Å². The molecule has 94 valence electrons. The third-order valence-electron chi connectivity index (χ3n) is 4.93. The molecule has 0 aromatic heterocycles. The minimum absolute atomic E-state index is 0.621. The third-order valence-corrected chi connectivity index (χ3v) is 4.93. The number of hydrogen-bond donors (Lipinski definition) is 0. The molecule has 16 heavy (non-hydrogen) atoms. The highest BCUT2D eigenvalue weighted by molar-refractivity contribution is 6.15. The summed E-state index contributed by atoms with van der Waals surface area (Å²) in [5.74, 6) is 2.75. The Kier molecular flexibility index (Phi) is 5.40. The average Bonchev–Trinajstić information content (AvgIpc) is 2.16. The molecular formula is C15H31B. The van der Waals surface area contributed by atoms with Crippen molar-refractivity contribution in [3.63, 3.8) is 0 Å². The summed E-state index contributed by atoms with van der Waals surface area (Å²) in [7, 11) is 2.52. The van der Waals surface area contributed by atoms with Crippen molar-refractivity contribution in [1.82, 2.24) is 0 Å². The monoisotopic (exact) mass is 222 g/mol. The van der Waals surface area contributed by atoms with Gasteiger partial charge in [0.2, 0.25) is 0 Å². The molecule has 0 aromatic rings. The largest absolute Gasteiger partial charge is 0.109 e. The molecule has 0 radical (unpaired) electrons. The van der Waals surface area contributed by atoms with Gasteiger partial charge in [0.15, 0.2) is 0 Å². The van der Waals surface area contributed by atoms with E-state index in [2.05, 4.69) is 35.5 Å². The van der Waals surface area contributed by atoms with Crippen LogP contribution in [0.15, 0.2) is 0 Å². The summed E-state index contributed by atoms with van der Waals surface area (Å²) in [4.78, 5) is 0. The Hall–Kier alpha value is 0.0649. The Morgan fingerprint density at radius 1 is 1.06 bits per heavy atom. The first-order valence-corrected chi connectivity index (χ1v) is 7.44. The Labute approximate surface area is 104 Å². The van der Waals surface area contributed by atoms with Crippen molar-refractivity contribution >= 4 is 7.85 Å². The highest BCUT2D eigenvalue weighted by atomic mass is 14.3. The van der Waals surface area contributed by atoms with Crippen molar-refractivity contribution in [2.24, 2.45) is 17.8 Å². The van der Waals surface area contributed by atoms with E-state index in [1.807, 2.05) is 0 Å². The van der Waals surface area contributed by atoms with Gasteiger partial charge >= 0.3 is 0 Å². The van der Waals surface area contributed by atoms with Crippen molar-refractivity contribution in [3.05, 3.63) is 0 Å². The Morgan fingerprint density at radius 2 is 1.75 bits per heavy atom. The molecule has 1 rings (SSSR count). The molecule has 2 atom stereocenters. The predicted octanol–water partition coefficient (Wildman–Crippen LogP) is 4.45. The van der Waals surface area contributed by atoms with Crippen molar-refractivity contribution in [2.75, 3.05) is 0 Å². The molecule has 1 heteroatoms. The van der Waals surface area contributed by atoms with Crippen LogP contribution in [0.1, 0.15) is 72.6 Å². The molecular weight excluding hydrogens is 191 g/mol. The van der Waals surface area contributed by atoms with Crippen molar-refractivity contribution in [3.8, 4) is 0 Å². The second-order valence-corrected chi connectivity index (χ2v) is 7.09. The molecule has 0 bridgehead atoms. The van der Waals surface area contributed by atoms with E-state index in [1.54, 1.807) is 0 Å². The van der Waals surface area contributed by atoms with E-state index in [-0.39, 0.29) is 0 Å². The first-order valence-electron chi connectivity index (χ1n) is 7.44. The van der Waals surface area contributed by atoms with Crippen LogP contribution in [0.2, 0.25) is 5.31 Å². The zero-order chi connectivity index (χ0) is 12.2. The van der Waals surface area contributed by atoms with Gasteiger partial charge in [0.05, 0.1) is 0 Å². The zero-order valence-corrected chi connectivity index (χ0v) is 12.2. The maximum atomic E-state index is 2.52. The molecule has 2 unspecified atom stereocenters. The van der Waals surface area contributed by atoms with E-state index >= 15 is 0 Å². The van der Waals surface area contributed by atoms with Crippen LogP contribution in [-0.2, 0) is 0 Å². The van der Waals surface area contributed by atoms with Crippen molar-refractivity contribution in [1.29, 1.82) is 0 Å². The van der Waals surface area contributed by atoms with Crippen LogP contribution in [0.4, 0.5) is 0 Å². The summed E-state index contributed by atoms with van der Waals surface area (Å²) in [6.45, 7) is 9.58. The summed E-state index contributed by atoms with van der Waals surface area (Å²) in [6, 6.07) is 0. The summed E-state index contributed by atoms with van der Waals surface area (Å²) in [5, 5.41) is 0.621. The molecule has 0 saturated heterocycles. The Morgan fingerprint density at radius 3 is 2.31 bits per heavy atom. The summed E-state index contributed by atoms with van der Waals surface area (Å²) < 4.78 is 0. The van der Waals surface area contributed by atoms with Crippen LogP contribution in [0.3, 0.4) is 0 Å². The molecule has 0 nitrogen and oxygen atoms in total. The number of hydrogen-bond acceptors (Lipinski definition) is 0. The minimum Gasteiger partial charge on any atom is -0.0629 e. The van der Waals surface area contributed by atoms with Crippen molar-refractivity contribution < 1.29 is 0 Å². The number of rotatable bonds is 3. The average molecular weight is 222 g/mol. The summed E-state index contributed by atoms with van der Waals surface area (Å²) in [5.41, 5.74) is 0.